The van der Waals surface area contributed by atoms with Crippen molar-refractivity contribution in [3.63, 3.8) is 0 Å². The minimum Gasteiger partial charge on any atom is -0.310 e. The maximum absolute atomic E-state index is 4.77. The molecule has 6 aromatic carbocycles. The van der Waals surface area contributed by atoms with Crippen LogP contribution in [0.1, 0.15) is 0 Å². The van der Waals surface area contributed by atoms with E-state index in [-0.39, 0.29) is 0 Å². The number of hydrogen-bond acceptors (Lipinski definition) is 3. The fraction of sp³-hybridized carbons (Fsp3) is 0. The summed E-state index contributed by atoms with van der Waals surface area (Å²) in [6.07, 6.45) is 1.93. The zero-order chi connectivity index (χ0) is 27.9. The number of fused-ring (bicyclic) bond motifs is 4. The average Bonchev–Trinajstić information content (AvgIpc) is 3.45. The summed E-state index contributed by atoms with van der Waals surface area (Å²) in [7, 11) is 0. The quantitative estimate of drug-likeness (QED) is 0.210. The van der Waals surface area contributed by atoms with E-state index in [0.717, 1.165) is 21.9 Å². The van der Waals surface area contributed by atoms with Crippen molar-refractivity contribution >= 4 is 59.5 Å². The third kappa shape index (κ3) is 4.32. The molecule has 0 amide bonds. The van der Waals surface area contributed by atoms with Gasteiger partial charge in [0.25, 0.3) is 0 Å². The maximum atomic E-state index is 4.77. The summed E-state index contributed by atoms with van der Waals surface area (Å²) in [5.74, 6) is 0. The van der Waals surface area contributed by atoms with E-state index in [0.29, 0.717) is 0 Å². The Bertz CT molecular complexity index is 2180. The molecule has 0 fully saturated rings. The summed E-state index contributed by atoms with van der Waals surface area (Å²) >= 11 is 1.75. The van der Waals surface area contributed by atoms with Crippen molar-refractivity contribution < 1.29 is 0 Å². The number of thiophene rings is 1. The van der Waals surface area contributed by atoms with Crippen molar-refractivity contribution in [2.24, 2.45) is 0 Å². The smallest absolute Gasteiger partial charge is 0.126 e. The summed E-state index contributed by atoms with van der Waals surface area (Å²) in [5.41, 5.74) is 8.17. The van der Waals surface area contributed by atoms with E-state index in [1.165, 1.54) is 48.5 Å². The second-order valence-electron chi connectivity index (χ2n) is 10.5. The molecule has 0 aliphatic carbocycles. The topological polar surface area (TPSA) is 16.1 Å². The molecule has 0 aliphatic heterocycles. The largest absolute Gasteiger partial charge is 0.310 e. The molecule has 0 spiro atoms. The van der Waals surface area contributed by atoms with Gasteiger partial charge in [-0.3, -0.25) is 0 Å². The number of anilines is 3. The highest BCUT2D eigenvalue weighted by molar-refractivity contribution is 7.25. The Kier molecular flexibility index (Phi) is 6.02. The molecule has 0 saturated heterocycles. The van der Waals surface area contributed by atoms with Crippen LogP contribution in [0.4, 0.5) is 17.1 Å². The normalized spacial score (nSPS) is 11.3. The zero-order valence-electron chi connectivity index (χ0n) is 22.8. The van der Waals surface area contributed by atoms with Gasteiger partial charge in [0.15, 0.2) is 0 Å². The van der Waals surface area contributed by atoms with Crippen molar-refractivity contribution in [2.45, 2.75) is 0 Å². The van der Waals surface area contributed by atoms with E-state index in [4.69, 9.17) is 4.98 Å². The first-order valence-electron chi connectivity index (χ1n) is 14.1. The highest BCUT2D eigenvalue weighted by Crippen LogP contribution is 2.44. The van der Waals surface area contributed by atoms with Gasteiger partial charge in [-0.05, 0) is 75.5 Å². The first-order chi connectivity index (χ1) is 20.8. The fourth-order valence-electron chi connectivity index (χ4n) is 5.85. The standard InChI is InChI=1S/C39H26N2S/c1-2-8-27(9-3-1)29-16-20-33(21-17-29)41(36-24-25-40-39-38(36)35-12-6-7-13-37(35)42-39)34-22-18-30(19-23-34)32-15-14-28-10-4-5-11-31(28)26-32/h1-26H. The van der Waals surface area contributed by atoms with Crippen LogP contribution in [-0.2, 0) is 0 Å². The number of hydrogen-bond donors (Lipinski definition) is 0. The summed E-state index contributed by atoms with van der Waals surface area (Å²) < 4.78 is 1.25. The van der Waals surface area contributed by atoms with Crippen molar-refractivity contribution in [1.29, 1.82) is 0 Å². The average molecular weight is 555 g/mol. The fourth-order valence-corrected chi connectivity index (χ4v) is 6.91. The second-order valence-corrected chi connectivity index (χ2v) is 11.5. The van der Waals surface area contributed by atoms with E-state index >= 15 is 0 Å². The van der Waals surface area contributed by atoms with Gasteiger partial charge in [0.1, 0.15) is 4.83 Å². The molecule has 0 saturated carbocycles. The Labute approximate surface area is 248 Å². The van der Waals surface area contributed by atoms with Gasteiger partial charge in [-0.1, -0.05) is 109 Å². The number of nitrogens with zero attached hydrogens (tertiary/aromatic N) is 2. The molecule has 8 rings (SSSR count). The summed E-state index contributed by atoms with van der Waals surface area (Å²) in [5, 5.41) is 4.93. The van der Waals surface area contributed by atoms with Crippen LogP contribution in [-0.4, -0.2) is 4.98 Å². The highest BCUT2D eigenvalue weighted by Gasteiger charge is 2.19. The first-order valence-corrected chi connectivity index (χ1v) is 14.9. The van der Waals surface area contributed by atoms with Crippen LogP contribution in [0.25, 0.3) is 53.3 Å². The molecule has 0 aliphatic rings. The van der Waals surface area contributed by atoms with Gasteiger partial charge in [0, 0.05) is 33.0 Å². The van der Waals surface area contributed by atoms with Gasteiger partial charge < -0.3 is 4.90 Å². The van der Waals surface area contributed by atoms with Crippen LogP contribution >= 0.6 is 11.3 Å². The van der Waals surface area contributed by atoms with Crippen molar-refractivity contribution in [2.75, 3.05) is 4.90 Å². The van der Waals surface area contributed by atoms with Crippen LogP contribution in [0.2, 0.25) is 0 Å². The molecule has 2 nitrogen and oxygen atoms in total. The lowest BCUT2D eigenvalue weighted by Gasteiger charge is -2.26. The number of pyridine rings is 1. The summed E-state index contributed by atoms with van der Waals surface area (Å²) in [6.45, 7) is 0. The minimum absolute atomic E-state index is 1.05. The van der Waals surface area contributed by atoms with Gasteiger partial charge in [-0.15, -0.1) is 11.3 Å². The summed E-state index contributed by atoms with van der Waals surface area (Å²) in [6, 6.07) is 54.3. The molecule has 2 heterocycles. The molecule has 0 radical (unpaired) electrons. The predicted molar refractivity (Wildman–Crippen MR) is 180 cm³/mol. The molecule has 0 atom stereocenters. The third-order valence-corrected chi connectivity index (χ3v) is 9.02. The van der Waals surface area contributed by atoms with Gasteiger partial charge in [-0.25, -0.2) is 4.98 Å². The van der Waals surface area contributed by atoms with Gasteiger partial charge in [-0.2, -0.15) is 0 Å². The van der Waals surface area contributed by atoms with E-state index < -0.39 is 0 Å². The van der Waals surface area contributed by atoms with E-state index in [1.807, 2.05) is 6.20 Å². The van der Waals surface area contributed by atoms with Gasteiger partial charge >= 0.3 is 0 Å². The lowest BCUT2D eigenvalue weighted by atomic mass is 10.0. The lowest BCUT2D eigenvalue weighted by molar-refractivity contribution is 1.29. The molecule has 0 unspecified atom stereocenters. The number of aromatic nitrogens is 1. The molecule has 0 bridgehead atoms. The molecule has 42 heavy (non-hydrogen) atoms. The van der Waals surface area contributed by atoms with Crippen LogP contribution in [0, 0.1) is 0 Å². The van der Waals surface area contributed by atoms with Crippen LogP contribution in [0.5, 0.6) is 0 Å². The number of benzene rings is 6. The summed E-state index contributed by atoms with van der Waals surface area (Å²) in [4.78, 5) is 8.18. The van der Waals surface area contributed by atoms with Gasteiger partial charge in [0.05, 0.1) is 5.69 Å². The minimum atomic E-state index is 1.05. The Balaban J connectivity index is 1.27. The van der Waals surface area contributed by atoms with Crippen molar-refractivity contribution in [3.8, 4) is 22.3 Å². The molecule has 198 valence electrons. The SMILES string of the molecule is c1ccc(-c2ccc(N(c3ccc(-c4ccc5ccccc5c4)cc3)c3ccnc4sc5ccccc5c34)cc2)cc1. The Morgan fingerprint density at radius 3 is 1.83 bits per heavy atom. The van der Waals surface area contributed by atoms with Crippen LogP contribution in [0.3, 0.4) is 0 Å². The zero-order valence-corrected chi connectivity index (χ0v) is 23.6. The highest BCUT2D eigenvalue weighted by atomic mass is 32.1. The molecular formula is C39H26N2S. The lowest BCUT2D eigenvalue weighted by Crippen LogP contribution is -2.10. The van der Waals surface area contributed by atoms with E-state index in [2.05, 4.69) is 157 Å². The number of rotatable bonds is 5. The Morgan fingerprint density at radius 1 is 0.476 bits per heavy atom. The molecule has 2 aromatic heterocycles. The van der Waals surface area contributed by atoms with Crippen molar-refractivity contribution in [3.05, 3.63) is 158 Å². The third-order valence-electron chi connectivity index (χ3n) is 7.94. The molecule has 3 heteroatoms. The van der Waals surface area contributed by atoms with E-state index in [9.17, 15) is 0 Å². The van der Waals surface area contributed by atoms with Gasteiger partial charge in [0.2, 0.25) is 0 Å². The first kappa shape index (κ1) is 24.5. The van der Waals surface area contributed by atoms with Crippen LogP contribution in [0.15, 0.2) is 158 Å². The molecule has 8 aromatic rings. The monoisotopic (exact) mass is 554 g/mol. The van der Waals surface area contributed by atoms with E-state index in [1.54, 1.807) is 11.3 Å². The second kappa shape index (κ2) is 10.3. The predicted octanol–water partition coefficient (Wildman–Crippen LogP) is 11.4. The molecular weight excluding hydrogens is 529 g/mol. The van der Waals surface area contributed by atoms with Crippen LogP contribution < -0.4 is 4.90 Å². The molecule has 0 N–H and O–H groups in total. The Morgan fingerprint density at radius 2 is 1.07 bits per heavy atom. The maximum Gasteiger partial charge on any atom is 0.126 e. The van der Waals surface area contributed by atoms with Crippen molar-refractivity contribution in [1.82, 2.24) is 4.98 Å². The Hall–Kier alpha value is -5.25.